The van der Waals surface area contributed by atoms with Gasteiger partial charge in [0.2, 0.25) is 0 Å². The SMILES string of the molecule is Cc1ccc(C2(O)CCN(C(=O)/C(=C\C(C)C)NC(=O)c3ccccc3)CC2)cc1. The van der Waals surface area contributed by atoms with Gasteiger partial charge in [0.1, 0.15) is 5.70 Å². The van der Waals surface area contributed by atoms with Gasteiger partial charge in [0.05, 0.1) is 5.60 Å². The Morgan fingerprint density at radius 3 is 2.20 bits per heavy atom. The van der Waals surface area contributed by atoms with Crippen molar-refractivity contribution < 1.29 is 14.7 Å². The molecule has 0 spiro atoms. The monoisotopic (exact) mass is 406 g/mol. The number of amides is 2. The van der Waals surface area contributed by atoms with Crippen molar-refractivity contribution in [3.05, 3.63) is 83.1 Å². The number of rotatable bonds is 5. The Hall–Kier alpha value is -2.92. The van der Waals surface area contributed by atoms with Crippen LogP contribution in [0.2, 0.25) is 0 Å². The van der Waals surface area contributed by atoms with E-state index in [-0.39, 0.29) is 17.7 Å². The number of carbonyl (C=O) groups excluding carboxylic acids is 2. The van der Waals surface area contributed by atoms with Gasteiger partial charge in [-0.25, -0.2) is 0 Å². The summed E-state index contributed by atoms with van der Waals surface area (Å²) in [6.45, 7) is 6.81. The van der Waals surface area contributed by atoms with Gasteiger partial charge in [-0.2, -0.15) is 0 Å². The van der Waals surface area contributed by atoms with E-state index in [0.29, 0.717) is 37.2 Å². The van der Waals surface area contributed by atoms with E-state index in [0.717, 1.165) is 11.1 Å². The van der Waals surface area contributed by atoms with E-state index in [1.807, 2.05) is 51.1 Å². The number of piperidine rings is 1. The van der Waals surface area contributed by atoms with Crippen LogP contribution in [0.15, 0.2) is 66.4 Å². The van der Waals surface area contributed by atoms with Crippen LogP contribution in [0.1, 0.15) is 48.2 Å². The summed E-state index contributed by atoms with van der Waals surface area (Å²) in [4.78, 5) is 27.4. The summed E-state index contributed by atoms with van der Waals surface area (Å²) in [5.74, 6) is -0.405. The first-order valence-corrected chi connectivity index (χ1v) is 10.5. The summed E-state index contributed by atoms with van der Waals surface area (Å²) < 4.78 is 0. The molecule has 1 fully saturated rings. The highest BCUT2D eigenvalue weighted by Gasteiger charge is 2.36. The van der Waals surface area contributed by atoms with Crippen molar-refractivity contribution in [3.63, 3.8) is 0 Å². The molecule has 1 saturated heterocycles. The number of aryl methyl sites for hydroxylation is 1. The number of carbonyl (C=O) groups is 2. The van der Waals surface area contributed by atoms with Crippen LogP contribution >= 0.6 is 0 Å². The van der Waals surface area contributed by atoms with Crippen LogP contribution in [0.25, 0.3) is 0 Å². The van der Waals surface area contributed by atoms with Gasteiger partial charge in [0, 0.05) is 18.7 Å². The zero-order valence-corrected chi connectivity index (χ0v) is 17.9. The number of likely N-dealkylation sites (tertiary alicyclic amines) is 1. The molecular weight excluding hydrogens is 376 g/mol. The molecule has 30 heavy (non-hydrogen) atoms. The lowest BCUT2D eigenvalue weighted by Gasteiger charge is -2.39. The van der Waals surface area contributed by atoms with Gasteiger partial charge < -0.3 is 15.3 Å². The van der Waals surface area contributed by atoms with Gasteiger partial charge in [-0.15, -0.1) is 0 Å². The maximum atomic E-state index is 13.2. The van der Waals surface area contributed by atoms with Crippen molar-refractivity contribution >= 4 is 11.8 Å². The molecule has 0 saturated carbocycles. The number of hydrogen-bond donors (Lipinski definition) is 2. The van der Waals surface area contributed by atoms with Crippen LogP contribution < -0.4 is 5.32 Å². The molecule has 0 aliphatic carbocycles. The lowest BCUT2D eigenvalue weighted by Crippen LogP contribution is -2.47. The zero-order chi connectivity index (χ0) is 21.7. The number of allylic oxidation sites excluding steroid dienone is 1. The van der Waals surface area contributed by atoms with Crippen molar-refractivity contribution in [1.82, 2.24) is 10.2 Å². The first-order chi connectivity index (χ1) is 14.3. The second-order valence-corrected chi connectivity index (χ2v) is 8.33. The van der Waals surface area contributed by atoms with E-state index in [4.69, 9.17) is 0 Å². The Morgan fingerprint density at radius 2 is 1.63 bits per heavy atom. The molecule has 5 nitrogen and oxygen atoms in total. The van der Waals surface area contributed by atoms with E-state index in [9.17, 15) is 14.7 Å². The molecule has 1 heterocycles. The Morgan fingerprint density at radius 1 is 1.03 bits per heavy atom. The molecule has 2 amide bonds. The first kappa shape index (κ1) is 21.8. The molecule has 0 atom stereocenters. The largest absolute Gasteiger partial charge is 0.385 e. The predicted octanol–water partition coefficient (Wildman–Crippen LogP) is 3.77. The average Bonchev–Trinajstić information content (AvgIpc) is 2.74. The number of benzene rings is 2. The minimum absolute atomic E-state index is 0.106. The van der Waals surface area contributed by atoms with Crippen molar-refractivity contribution in [3.8, 4) is 0 Å². The van der Waals surface area contributed by atoms with Crippen LogP contribution in [0.3, 0.4) is 0 Å². The summed E-state index contributed by atoms with van der Waals surface area (Å²) in [5, 5.41) is 13.9. The zero-order valence-electron chi connectivity index (χ0n) is 17.9. The predicted molar refractivity (Wildman–Crippen MR) is 118 cm³/mol. The lowest BCUT2D eigenvalue weighted by atomic mass is 9.84. The number of hydrogen-bond acceptors (Lipinski definition) is 3. The Labute approximate surface area is 178 Å². The Kier molecular flexibility index (Phi) is 6.73. The smallest absolute Gasteiger partial charge is 0.270 e. The Balaban J connectivity index is 1.70. The molecule has 2 N–H and O–H groups in total. The standard InChI is InChI=1S/C25H30N2O3/c1-18(2)17-22(26-23(28)20-7-5-4-6-8-20)24(29)27-15-13-25(30,14-16-27)21-11-9-19(3)10-12-21/h4-12,17-18,30H,13-16H2,1-3H3,(H,26,28)/b22-17+. The molecule has 1 aliphatic rings. The van der Waals surface area contributed by atoms with Gasteiger partial charge in [-0.1, -0.05) is 68.0 Å². The quantitative estimate of drug-likeness (QED) is 0.743. The topological polar surface area (TPSA) is 69.6 Å². The third kappa shape index (κ3) is 5.16. The number of nitrogens with zero attached hydrogens (tertiary/aromatic N) is 1. The minimum atomic E-state index is -0.931. The third-order valence-corrected chi connectivity index (χ3v) is 5.48. The summed E-state index contributed by atoms with van der Waals surface area (Å²) in [6.07, 6.45) is 2.71. The fraction of sp³-hybridized carbons (Fsp3) is 0.360. The Bertz CT molecular complexity index is 909. The molecule has 0 aromatic heterocycles. The fourth-order valence-corrected chi connectivity index (χ4v) is 3.69. The minimum Gasteiger partial charge on any atom is -0.385 e. The van der Waals surface area contributed by atoms with Crippen LogP contribution in [-0.4, -0.2) is 34.9 Å². The fourth-order valence-electron chi connectivity index (χ4n) is 3.69. The second kappa shape index (κ2) is 9.26. The van der Waals surface area contributed by atoms with E-state index in [2.05, 4.69) is 5.32 Å². The molecule has 158 valence electrons. The lowest BCUT2D eigenvalue weighted by molar-refractivity contribution is -0.132. The summed E-state index contributed by atoms with van der Waals surface area (Å²) in [7, 11) is 0. The van der Waals surface area contributed by atoms with Gasteiger partial charge in [-0.3, -0.25) is 9.59 Å². The average molecular weight is 407 g/mol. The maximum Gasteiger partial charge on any atom is 0.270 e. The highest BCUT2D eigenvalue weighted by Crippen LogP contribution is 2.33. The van der Waals surface area contributed by atoms with Crippen LogP contribution in [0.4, 0.5) is 0 Å². The van der Waals surface area contributed by atoms with Gasteiger partial charge >= 0.3 is 0 Å². The van der Waals surface area contributed by atoms with Crippen LogP contribution in [0.5, 0.6) is 0 Å². The molecule has 2 aromatic rings. The van der Waals surface area contributed by atoms with Crippen LogP contribution in [0, 0.1) is 12.8 Å². The van der Waals surface area contributed by atoms with Gasteiger partial charge in [-0.05, 0) is 43.4 Å². The van der Waals surface area contributed by atoms with Crippen molar-refractivity contribution in [2.24, 2.45) is 5.92 Å². The van der Waals surface area contributed by atoms with Gasteiger partial charge in [0.25, 0.3) is 11.8 Å². The second-order valence-electron chi connectivity index (χ2n) is 8.33. The summed E-state index contributed by atoms with van der Waals surface area (Å²) in [6, 6.07) is 16.8. The number of nitrogens with one attached hydrogen (secondary N) is 1. The maximum absolute atomic E-state index is 13.2. The molecule has 2 aromatic carbocycles. The van der Waals surface area contributed by atoms with Crippen LogP contribution in [-0.2, 0) is 10.4 Å². The summed E-state index contributed by atoms with van der Waals surface area (Å²) in [5.41, 5.74) is 1.90. The molecule has 0 radical (unpaired) electrons. The number of aliphatic hydroxyl groups is 1. The molecular formula is C25H30N2O3. The highest BCUT2D eigenvalue weighted by molar-refractivity contribution is 6.02. The molecule has 0 unspecified atom stereocenters. The summed E-state index contributed by atoms with van der Waals surface area (Å²) >= 11 is 0. The van der Waals surface area contributed by atoms with Crippen molar-refractivity contribution in [2.45, 2.75) is 39.2 Å². The molecule has 1 aliphatic heterocycles. The van der Waals surface area contributed by atoms with Gasteiger partial charge in [0.15, 0.2) is 0 Å². The first-order valence-electron chi connectivity index (χ1n) is 10.5. The highest BCUT2D eigenvalue weighted by atomic mass is 16.3. The molecule has 0 bridgehead atoms. The third-order valence-electron chi connectivity index (χ3n) is 5.48. The van der Waals surface area contributed by atoms with E-state index < -0.39 is 5.60 Å². The normalized spacial score (nSPS) is 16.4. The van der Waals surface area contributed by atoms with E-state index in [1.165, 1.54) is 0 Å². The van der Waals surface area contributed by atoms with Crippen molar-refractivity contribution in [2.75, 3.05) is 13.1 Å². The van der Waals surface area contributed by atoms with E-state index in [1.54, 1.807) is 35.2 Å². The van der Waals surface area contributed by atoms with Crippen molar-refractivity contribution in [1.29, 1.82) is 0 Å². The van der Waals surface area contributed by atoms with E-state index >= 15 is 0 Å². The molecule has 3 rings (SSSR count). The molecule has 5 heteroatoms.